The summed E-state index contributed by atoms with van der Waals surface area (Å²) in [5, 5.41) is 0. The molecule has 4 heteroatoms. The van der Waals surface area contributed by atoms with E-state index in [9.17, 15) is 9.18 Å². The molecule has 0 aliphatic carbocycles. The summed E-state index contributed by atoms with van der Waals surface area (Å²) in [6.45, 7) is 0. The largest absolute Gasteiger partial charge is 0.358 e. The monoisotopic (exact) mass is 484 g/mol. The Morgan fingerprint density at radius 1 is 0.957 bits per heavy atom. The first-order chi connectivity index (χ1) is 10.2. The molecular weight excluding hydrogens is 469 g/mol. The Morgan fingerprint density at radius 3 is 2.26 bits per heavy atom. The van der Waals surface area contributed by atoms with Crippen molar-refractivity contribution >= 4 is 5.78 Å². The molecule has 0 aliphatic rings. The van der Waals surface area contributed by atoms with E-state index < -0.39 is 0 Å². The van der Waals surface area contributed by atoms with E-state index in [2.05, 4.69) is 11.1 Å². The smallest absolute Gasteiger partial charge is 0.194 e. The van der Waals surface area contributed by atoms with Crippen molar-refractivity contribution in [2.75, 3.05) is 0 Å². The molecule has 1 heterocycles. The maximum Gasteiger partial charge on any atom is 0.194 e. The maximum absolute atomic E-state index is 12.9. The minimum absolute atomic E-state index is 0. The van der Waals surface area contributed by atoms with Crippen LogP contribution in [0.4, 0.5) is 4.39 Å². The number of halogens is 1. The molecule has 0 atom stereocenters. The molecule has 0 bridgehead atoms. The van der Waals surface area contributed by atoms with Crippen LogP contribution in [0.3, 0.4) is 0 Å². The fourth-order valence-electron chi connectivity index (χ4n) is 2.01. The second-order valence-corrected chi connectivity index (χ2v) is 4.55. The van der Waals surface area contributed by atoms with Crippen molar-refractivity contribution in [1.82, 2.24) is 4.98 Å². The summed E-state index contributed by atoms with van der Waals surface area (Å²) >= 11 is 0. The summed E-state index contributed by atoms with van der Waals surface area (Å²) in [7, 11) is 0. The zero-order valence-corrected chi connectivity index (χ0v) is 14.8. The molecule has 2 nitrogen and oxygen atoms in total. The van der Waals surface area contributed by atoms with Gasteiger partial charge in [-0.1, -0.05) is 42.5 Å². The van der Waals surface area contributed by atoms with E-state index in [4.69, 9.17) is 0 Å². The van der Waals surface area contributed by atoms with E-state index in [0.717, 1.165) is 0 Å². The SMILES string of the molecule is O=C(c1ccccc1)c1ccc(-c2[c-]cc(F)cc2)nc1.[CH3-].[Ir]. The molecule has 0 saturated heterocycles. The Balaban J connectivity index is 0.00000132. The molecule has 0 saturated carbocycles. The average molecular weight is 484 g/mol. The Bertz CT molecular complexity index is 756. The van der Waals surface area contributed by atoms with Crippen LogP contribution in [0.25, 0.3) is 11.3 Å². The molecule has 2 aromatic carbocycles. The normalized spacial score (nSPS) is 9.43. The van der Waals surface area contributed by atoms with Gasteiger partial charge >= 0.3 is 0 Å². The van der Waals surface area contributed by atoms with Gasteiger partial charge in [0.15, 0.2) is 5.78 Å². The van der Waals surface area contributed by atoms with Gasteiger partial charge in [-0.2, -0.15) is 0 Å². The summed E-state index contributed by atoms with van der Waals surface area (Å²) in [6, 6.07) is 19.5. The van der Waals surface area contributed by atoms with E-state index in [0.29, 0.717) is 22.4 Å². The summed E-state index contributed by atoms with van der Waals surface area (Å²) in [5.41, 5.74) is 2.49. The van der Waals surface area contributed by atoms with E-state index in [1.54, 1.807) is 30.3 Å². The van der Waals surface area contributed by atoms with Crippen molar-refractivity contribution in [2.45, 2.75) is 0 Å². The second-order valence-electron chi connectivity index (χ2n) is 4.55. The number of aromatic nitrogens is 1. The molecule has 3 rings (SSSR count). The third kappa shape index (κ3) is 4.41. The predicted molar refractivity (Wildman–Crippen MR) is 84.8 cm³/mol. The van der Waals surface area contributed by atoms with Gasteiger partial charge in [-0.05, 0) is 5.69 Å². The summed E-state index contributed by atoms with van der Waals surface area (Å²) < 4.78 is 12.9. The Hall–Kier alpha value is -2.16. The van der Waals surface area contributed by atoms with Gasteiger partial charge in [0.25, 0.3) is 0 Å². The molecule has 0 spiro atoms. The first kappa shape index (κ1) is 18.9. The molecule has 0 unspecified atom stereocenters. The number of hydrogen-bond donors (Lipinski definition) is 0. The van der Waals surface area contributed by atoms with Crippen molar-refractivity contribution in [2.24, 2.45) is 0 Å². The van der Waals surface area contributed by atoms with Gasteiger partial charge in [-0.25, -0.2) is 0 Å². The predicted octanol–water partition coefficient (Wildman–Crippen LogP) is 4.37. The van der Waals surface area contributed by atoms with Crippen LogP contribution in [0.15, 0.2) is 66.9 Å². The van der Waals surface area contributed by atoms with Gasteiger partial charge in [0.1, 0.15) is 0 Å². The molecule has 23 heavy (non-hydrogen) atoms. The Kier molecular flexibility index (Phi) is 6.95. The quantitative estimate of drug-likeness (QED) is 0.409. The van der Waals surface area contributed by atoms with Crippen molar-refractivity contribution in [3.05, 3.63) is 97.3 Å². The molecular formula is C19H14FIrNO-2. The average Bonchev–Trinajstić information content (AvgIpc) is 2.56. The Morgan fingerprint density at radius 2 is 1.70 bits per heavy atom. The second kappa shape index (κ2) is 8.47. The molecule has 1 radical (unpaired) electrons. The zero-order valence-electron chi connectivity index (χ0n) is 12.4. The first-order valence-electron chi connectivity index (χ1n) is 6.47. The van der Waals surface area contributed by atoms with Crippen LogP contribution in [0.5, 0.6) is 0 Å². The number of rotatable bonds is 3. The minimum atomic E-state index is -0.338. The molecule has 119 valence electrons. The van der Waals surface area contributed by atoms with Crippen LogP contribution in [0.2, 0.25) is 0 Å². The van der Waals surface area contributed by atoms with Crippen LogP contribution >= 0.6 is 0 Å². The van der Waals surface area contributed by atoms with Crippen molar-refractivity contribution in [3.8, 4) is 11.3 Å². The summed E-state index contributed by atoms with van der Waals surface area (Å²) in [5.74, 6) is -0.410. The van der Waals surface area contributed by atoms with Gasteiger partial charge in [0, 0.05) is 43.2 Å². The van der Waals surface area contributed by atoms with Crippen molar-refractivity contribution in [1.29, 1.82) is 0 Å². The van der Waals surface area contributed by atoms with E-state index in [1.807, 2.05) is 18.2 Å². The number of benzene rings is 2. The third-order valence-electron chi connectivity index (χ3n) is 3.11. The van der Waals surface area contributed by atoms with Gasteiger partial charge < -0.3 is 12.4 Å². The maximum atomic E-state index is 12.9. The number of pyridine rings is 1. The van der Waals surface area contributed by atoms with Crippen LogP contribution in [0, 0.1) is 19.3 Å². The molecule has 0 fully saturated rings. The fraction of sp³-hybridized carbons (Fsp3) is 0. The third-order valence-corrected chi connectivity index (χ3v) is 3.11. The fourth-order valence-corrected chi connectivity index (χ4v) is 2.01. The molecule has 1 aromatic heterocycles. The first-order valence-corrected chi connectivity index (χ1v) is 6.47. The molecule has 0 N–H and O–H groups in total. The van der Waals surface area contributed by atoms with E-state index >= 15 is 0 Å². The van der Waals surface area contributed by atoms with Gasteiger partial charge in [-0.15, -0.1) is 29.8 Å². The summed E-state index contributed by atoms with van der Waals surface area (Å²) in [4.78, 5) is 16.5. The van der Waals surface area contributed by atoms with E-state index in [1.165, 1.54) is 18.3 Å². The van der Waals surface area contributed by atoms with E-state index in [-0.39, 0.29) is 39.1 Å². The molecule has 3 aromatic rings. The number of ketones is 1. The van der Waals surface area contributed by atoms with Crippen molar-refractivity contribution < 1.29 is 29.3 Å². The minimum Gasteiger partial charge on any atom is -0.358 e. The summed E-state index contributed by atoms with van der Waals surface area (Å²) in [6.07, 6.45) is 1.53. The van der Waals surface area contributed by atoms with Crippen LogP contribution in [-0.2, 0) is 20.1 Å². The zero-order chi connectivity index (χ0) is 14.7. The molecule has 0 aliphatic heterocycles. The van der Waals surface area contributed by atoms with Gasteiger partial charge in [0.2, 0.25) is 0 Å². The van der Waals surface area contributed by atoms with Crippen LogP contribution < -0.4 is 0 Å². The van der Waals surface area contributed by atoms with Crippen molar-refractivity contribution in [3.63, 3.8) is 0 Å². The number of carbonyl (C=O) groups excluding carboxylic acids is 1. The van der Waals surface area contributed by atoms with Crippen LogP contribution in [0.1, 0.15) is 15.9 Å². The topological polar surface area (TPSA) is 30.0 Å². The van der Waals surface area contributed by atoms with Crippen LogP contribution in [-0.4, -0.2) is 10.8 Å². The van der Waals surface area contributed by atoms with Gasteiger partial charge in [-0.3, -0.25) is 9.18 Å². The number of hydrogen-bond acceptors (Lipinski definition) is 2. The standard InChI is InChI=1S/C18H11FNO.CH3.Ir/c19-16-9-6-13(7-10-16)17-11-8-15(12-20-17)18(21)14-4-2-1-3-5-14;;/h1-6,8-12H;1H3;/q2*-1;. The number of carbonyl (C=O) groups is 1. The Labute approximate surface area is 148 Å². The number of nitrogens with zero attached hydrogens (tertiary/aromatic N) is 1. The molecule has 0 amide bonds. The van der Waals surface area contributed by atoms with Gasteiger partial charge in [0.05, 0.1) is 0 Å².